The zero-order chi connectivity index (χ0) is 14.5. The van der Waals surface area contributed by atoms with E-state index in [0.29, 0.717) is 6.55 Å². The molecule has 0 aliphatic rings. The van der Waals surface area contributed by atoms with Gasteiger partial charge in [0.1, 0.15) is 0 Å². The second-order valence-electron chi connectivity index (χ2n) is 3.78. The Kier molecular flexibility index (Phi) is 4.45. The third-order valence-electron chi connectivity index (χ3n) is 2.14. The summed E-state index contributed by atoms with van der Waals surface area (Å²) in [6, 6.07) is 0. The van der Waals surface area contributed by atoms with E-state index in [-0.39, 0.29) is 0 Å². The van der Waals surface area contributed by atoms with Crippen LogP contribution in [0.1, 0.15) is 0 Å². The van der Waals surface area contributed by atoms with Crippen LogP contribution in [0.5, 0.6) is 0 Å². The van der Waals surface area contributed by atoms with Gasteiger partial charge in [-0.05, 0) is 13.1 Å². The molecule has 1 rings (SSSR count). The first-order valence-corrected chi connectivity index (χ1v) is 12.4. The molecule has 0 heterocycles. The minimum Gasteiger partial charge on any atom is -0.287 e. The molecule has 0 radical (unpaired) electrons. The van der Waals surface area contributed by atoms with Crippen molar-refractivity contribution in [3.8, 4) is 0 Å². The highest BCUT2D eigenvalue weighted by atomic mass is 35.7. The molecule has 1 aromatic rings. The van der Waals surface area contributed by atoms with Crippen molar-refractivity contribution in [1.82, 2.24) is 0 Å². The van der Waals surface area contributed by atoms with Crippen LogP contribution >= 0.6 is 33.2 Å². The summed E-state index contributed by atoms with van der Waals surface area (Å²) >= 11 is 16.3. The third-order valence-corrected chi connectivity index (χ3v) is 6.48. The van der Waals surface area contributed by atoms with Gasteiger partial charge in [0.2, 0.25) is 0 Å². The summed E-state index contributed by atoms with van der Waals surface area (Å²) < 4.78 is 67.8. The maximum absolute atomic E-state index is 13.6. The van der Waals surface area contributed by atoms with Crippen LogP contribution in [0.3, 0.4) is 0 Å². The number of hydrogen-bond donors (Lipinski definition) is 0. The van der Waals surface area contributed by atoms with Gasteiger partial charge in [0, 0.05) is 5.19 Å². The van der Waals surface area contributed by atoms with E-state index in [1.165, 1.54) is 0 Å². The van der Waals surface area contributed by atoms with E-state index in [9.17, 15) is 21.7 Å². The molecule has 1 unspecified atom stereocenters. The van der Waals surface area contributed by atoms with Crippen molar-refractivity contribution in [2.24, 2.45) is 0 Å². The van der Waals surface area contributed by atoms with E-state index in [0.717, 1.165) is 6.55 Å². The van der Waals surface area contributed by atoms with E-state index in [1.54, 1.807) is 0 Å². The lowest BCUT2D eigenvalue weighted by molar-refractivity contribution is 0.470. The molecule has 0 amide bonds. The van der Waals surface area contributed by atoms with Gasteiger partial charge in [-0.25, -0.2) is 17.6 Å². The quantitative estimate of drug-likeness (QED) is 0.328. The Bertz CT molecular complexity index is 421. The van der Waals surface area contributed by atoms with Crippen LogP contribution in [0.15, 0.2) is 0 Å². The zero-order valence-electron chi connectivity index (χ0n) is 9.02. The van der Waals surface area contributed by atoms with Gasteiger partial charge in [0.05, 0.1) is 5.19 Å². The van der Waals surface area contributed by atoms with Crippen LogP contribution in [0.2, 0.25) is 13.1 Å². The van der Waals surface area contributed by atoms with Crippen LogP contribution in [0.25, 0.3) is 0 Å². The molecule has 0 fully saturated rings. The van der Waals surface area contributed by atoms with Gasteiger partial charge in [-0.3, -0.25) is 4.11 Å². The molecule has 0 spiro atoms. The van der Waals surface area contributed by atoms with Crippen LogP contribution in [-0.4, -0.2) is 14.4 Å². The fourth-order valence-electron chi connectivity index (χ4n) is 1.40. The molecule has 10 heteroatoms. The van der Waals surface area contributed by atoms with Crippen LogP contribution in [0.4, 0.5) is 21.7 Å². The average molecular weight is 360 g/mol. The molecule has 1 aromatic carbocycles. The molecule has 0 aliphatic heterocycles. The lowest BCUT2D eigenvalue weighted by Crippen LogP contribution is -2.48. The second-order valence-corrected chi connectivity index (χ2v) is 15.6. The first-order chi connectivity index (χ1) is 7.89. The average Bonchev–Trinajstić information content (AvgIpc) is 2.10. The summed E-state index contributed by atoms with van der Waals surface area (Å²) in [6.07, 6.45) is 0. The van der Waals surface area contributed by atoms with Crippen molar-refractivity contribution >= 4 is 58.0 Å². The van der Waals surface area contributed by atoms with Crippen molar-refractivity contribution in [3.63, 3.8) is 0 Å². The van der Waals surface area contributed by atoms with Gasteiger partial charge >= 0.3 is 7.72 Å². The minimum absolute atomic E-state index is 0.687. The Morgan fingerprint density at radius 2 is 1.00 bits per heavy atom. The highest BCUT2D eigenvalue weighted by Crippen LogP contribution is 2.23. The maximum atomic E-state index is 13.6. The van der Waals surface area contributed by atoms with Crippen molar-refractivity contribution in [2.75, 3.05) is 0 Å². The second kappa shape index (κ2) is 4.93. The molecular formula is C8H6Cl3F5Si2. The summed E-state index contributed by atoms with van der Waals surface area (Å²) in [5, 5.41) is -2.49. The molecule has 0 aliphatic carbocycles. The summed E-state index contributed by atoms with van der Waals surface area (Å²) in [7, 11) is -4.60. The molecule has 0 nitrogen and oxygen atoms in total. The Balaban J connectivity index is 3.79. The van der Waals surface area contributed by atoms with Crippen molar-refractivity contribution in [1.29, 1.82) is 0 Å². The lowest BCUT2D eigenvalue weighted by atomic mass is 10.3. The van der Waals surface area contributed by atoms with E-state index in [2.05, 4.69) is 0 Å². The fourth-order valence-corrected chi connectivity index (χ4v) is 4.88. The normalized spacial score (nSPS) is 15.7. The summed E-state index contributed by atoms with van der Waals surface area (Å²) in [5.41, 5.74) is 0. The van der Waals surface area contributed by atoms with Crippen LogP contribution in [0, 0.1) is 23.3 Å². The monoisotopic (exact) mass is 358 g/mol. The largest absolute Gasteiger partial charge is 0.373 e. The van der Waals surface area contributed by atoms with E-state index in [4.69, 9.17) is 33.2 Å². The molecule has 0 saturated carbocycles. The highest BCUT2D eigenvalue weighted by Gasteiger charge is 2.43. The summed E-state index contributed by atoms with van der Waals surface area (Å²) in [5.74, 6) is -7.34. The van der Waals surface area contributed by atoms with E-state index in [1.807, 2.05) is 0 Å². The first kappa shape index (κ1) is 16.2. The summed E-state index contributed by atoms with van der Waals surface area (Å²) in [6.45, 7) is -1.96. The van der Waals surface area contributed by atoms with E-state index >= 15 is 0 Å². The standard InChI is InChI=1S/C8H6Cl3F5Si2/c1-17(9,10)7-3(12)5(14)8(18(2,11)16)6(15)4(7)13/h1-2H3. The third kappa shape index (κ3) is 2.85. The molecule has 18 heavy (non-hydrogen) atoms. The number of halogens is 8. The predicted octanol–water partition coefficient (Wildman–Crippen LogP) is 3.49. The topological polar surface area (TPSA) is 0 Å². The van der Waals surface area contributed by atoms with Gasteiger partial charge in [-0.1, -0.05) is 0 Å². The minimum atomic E-state index is -4.60. The van der Waals surface area contributed by atoms with Crippen LogP contribution in [-0.2, 0) is 0 Å². The van der Waals surface area contributed by atoms with Gasteiger partial charge in [-0.2, -0.15) is 0 Å². The molecule has 0 bridgehead atoms. The Labute approximate surface area is 116 Å². The summed E-state index contributed by atoms with van der Waals surface area (Å²) in [4.78, 5) is 0. The fraction of sp³-hybridized carbons (Fsp3) is 0.250. The number of rotatable bonds is 2. The Morgan fingerprint density at radius 3 is 1.22 bits per heavy atom. The SMILES string of the molecule is C[Si](F)(Cl)c1c(F)c(F)c([Si](C)(Cl)Cl)c(F)c1F. The lowest BCUT2D eigenvalue weighted by Gasteiger charge is -2.19. The van der Waals surface area contributed by atoms with Gasteiger partial charge < -0.3 is 0 Å². The van der Waals surface area contributed by atoms with Crippen molar-refractivity contribution in [2.45, 2.75) is 13.1 Å². The van der Waals surface area contributed by atoms with Gasteiger partial charge in [0.15, 0.2) is 23.3 Å². The zero-order valence-corrected chi connectivity index (χ0v) is 13.3. The highest BCUT2D eigenvalue weighted by molar-refractivity contribution is 7.50. The van der Waals surface area contributed by atoms with Crippen molar-refractivity contribution in [3.05, 3.63) is 23.3 Å². The maximum Gasteiger partial charge on any atom is 0.373 e. The molecular weight excluding hydrogens is 354 g/mol. The molecule has 0 saturated heterocycles. The van der Waals surface area contributed by atoms with Crippen LogP contribution < -0.4 is 10.4 Å². The first-order valence-electron chi connectivity index (χ1n) is 4.51. The van der Waals surface area contributed by atoms with Crippen molar-refractivity contribution < 1.29 is 21.7 Å². The molecule has 102 valence electrons. The number of benzene rings is 1. The van der Waals surface area contributed by atoms with Gasteiger partial charge in [0.25, 0.3) is 6.69 Å². The van der Waals surface area contributed by atoms with Gasteiger partial charge in [-0.15, -0.1) is 33.2 Å². The smallest absolute Gasteiger partial charge is 0.287 e. The molecule has 0 N–H and O–H groups in total. The number of hydrogen-bond acceptors (Lipinski definition) is 0. The Morgan fingerprint density at radius 1 is 0.722 bits per heavy atom. The van der Waals surface area contributed by atoms with E-state index < -0.39 is 48.1 Å². The predicted molar refractivity (Wildman–Crippen MR) is 67.4 cm³/mol. The Hall–Kier alpha value is 0.174. The molecule has 1 atom stereocenters. The molecule has 0 aromatic heterocycles.